The smallest absolute Gasteiger partial charge is 0.247 e. The minimum absolute atomic E-state index is 0.0320. The molecule has 0 aliphatic carbocycles. The predicted octanol–water partition coefficient (Wildman–Crippen LogP) is 3.03. The van der Waals surface area contributed by atoms with Crippen LogP contribution >= 0.6 is 0 Å². The summed E-state index contributed by atoms with van der Waals surface area (Å²) in [5.74, 6) is -0.257. The number of nitrogens with one attached hydrogen (secondary N) is 2. The van der Waals surface area contributed by atoms with Gasteiger partial charge in [0.25, 0.3) is 0 Å². The first kappa shape index (κ1) is 25.6. The van der Waals surface area contributed by atoms with Crippen molar-refractivity contribution in [3.63, 3.8) is 0 Å². The van der Waals surface area contributed by atoms with Crippen molar-refractivity contribution in [1.29, 1.82) is 0 Å². The zero-order valence-corrected chi connectivity index (χ0v) is 21.5. The van der Waals surface area contributed by atoms with E-state index in [1.54, 1.807) is 13.2 Å². The maximum atomic E-state index is 14.8. The van der Waals surface area contributed by atoms with Crippen molar-refractivity contribution in [2.75, 3.05) is 62.0 Å². The summed E-state index contributed by atoms with van der Waals surface area (Å²) in [6.45, 7) is 10.8. The number of hydrogen-bond donors (Lipinski definition) is 2. The molecule has 2 saturated heterocycles. The van der Waals surface area contributed by atoms with E-state index in [2.05, 4.69) is 42.1 Å². The molecule has 5 rings (SSSR count). The lowest BCUT2D eigenvalue weighted by Gasteiger charge is -2.31. The SMILES string of the molecule is C=CC(=O)Nc1cc(Nc2ncc(F)c(-n3cc(CN4CCC4)c(C)n3)n2)c(OC)cc1N1CCOCC1. The molecule has 3 aromatic rings. The quantitative estimate of drug-likeness (QED) is 0.410. The molecule has 11 nitrogen and oxygen atoms in total. The molecule has 0 atom stereocenters. The molecule has 2 N–H and O–H groups in total. The maximum Gasteiger partial charge on any atom is 0.247 e. The van der Waals surface area contributed by atoms with Crippen LogP contribution in [0.25, 0.3) is 5.82 Å². The number of benzene rings is 1. The Balaban J connectivity index is 1.46. The first-order valence-electron chi connectivity index (χ1n) is 12.5. The first-order valence-corrected chi connectivity index (χ1v) is 12.5. The van der Waals surface area contributed by atoms with E-state index in [1.165, 1.54) is 17.2 Å². The summed E-state index contributed by atoms with van der Waals surface area (Å²) in [4.78, 5) is 25.1. The standard InChI is InChI=1S/C26H31FN8O3/c1-4-24(36)29-20-12-21(23(37-3)13-22(20)34-8-10-38-11-9-34)30-26-28-14-19(27)25(31-26)35-16-18(17(2)32-35)15-33-6-5-7-33/h4,12-14,16H,1,5-11,15H2,2-3H3,(H,29,36)(H,28,30,31). The van der Waals surface area contributed by atoms with E-state index in [0.717, 1.165) is 42.8 Å². The fourth-order valence-electron chi connectivity index (χ4n) is 4.43. The Morgan fingerprint density at radius 3 is 2.71 bits per heavy atom. The molecule has 1 amide bonds. The summed E-state index contributed by atoms with van der Waals surface area (Å²) in [6, 6.07) is 3.57. The zero-order chi connectivity index (χ0) is 26.6. The van der Waals surface area contributed by atoms with E-state index in [1.807, 2.05) is 19.2 Å². The second kappa shape index (κ2) is 11.2. The Morgan fingerprint density at radius 2 is 2.03 bits per heavy atom. The van der Waals surface area contributed by atoms with Gasteiger partial charge in [0, 0.05) is 37.5 Å². The molecule has 200 valence electrons. The van der Waals surface area contributed by atoms with E-state index in [0.29, 0.717) is 43.4 Å². The van der Waals surface area contributed by atoms with Gasteiger partial charge in [-0.05, 0) is 38.6 Å². The van der Waals surface area contributed by atoms with Gasteiger partial charge in [-0.3, -0.25) is 9.69 Å². The predicted molar refractivity (Wildman–Crippen MR) is 142 cm³/mol. The molecule has 0 bridgehead atoms. The van der Waals surface area contributed by atoms with Crippen LogP contribution in [-0.4, -0.2) is 77.1 Å². The van der Waals surface area contributed by atoms with Gasteiger partial charge in [0.2, 0.25) is 11.9 Å². The monoisotopic (exact) mass is 522 g/mol. The van der Waals surface area contributed by atoms with Gasteiger partial charge in [-0.25, -0.2) is 14.1 Å². The number of anilines is 4. The van der Waals surface area contributed by atoms with Gasteiger partial charge >= 0.3 is 0 Å². The van der Waals surface area contributed by atoms with Crippen LogP contribution in [0.1, 0.15) is 17.7 Å². The number of aryl methyl sites for hydroxylation is 1. The van der Waals surface area contributed by atoms with Crippen molar-refractivity contribution in [2.24, 2.45) is 0 Å². The number of morpholine rings is 1. The molecule has 2 aliphatic rings. The third-order valence-corrected chi connectivity index (χ3v) is 6.65. The van der Waals surface area contributed by atoms with Crippen LogP contribution in [0.2, 0.25) is 0 Å². The van der Waals surface area contributed by atoms with Gasteiger partial charge in [-0.1, -0.05) is 6.58 Å². The molecule has 2 aliphatic heterocycles. The van der Waals surface area contributed by atoms with Gasteiger partial charge < -0.3 is 25.0 Å². The molecule has 0 radical (unpaired) electrons. The highest BCUT2D eigenvalue weighted by molar-refractivity contribution is 6.02. The number of carbonyl (C=O) groups is 1. The van der Waals surface area contributed by atoms with Crippen molar-refractivity contribution in [2.45, 2.75) is 19.9 Å². The van der Waals surface area contributed by atoms with Crippen LogP contribution in [0.5, 0.6) is 5.75 Å². The normalized spacial score (nSPS) is 15.6. The Labute approximate surface area is 220 Å². The van der Waals surface area contributed by atoms with Crippen LogP contribution in [0.15, 0.2) is 37.2 Å². The molecular weight excluding hydrogens is 491 g/mol. The molecule has 4 heterocycles. The molecular formula is C26H31FN8O3. The van der Waals surface area contributed by atoms with Crippen LogP contribution in [0.4, 0.5) is 27.4 Å². The molecule has 12 heteroatoms. The minimum atomic E-state index is -0.595. The average molecular weight is 523 g/mol. The van der Waals surface area contributed by atoms with Crippen LogP contribution in [0.3, 0.4) is 0 Å². The van der Waals surface area contributed by atoms with Crippen LogP contribution in [-0.2, 0) is 16.1 Å². The number of methoxy groups -OCH3 is 1. The average Bonchev–Trinajstić information content (AvgIpc) is 3.27. The molecule has 38 heavy (non-hydrogen) atoms. The van der Waals surface area contributed by atoms with E-state index >= 15 is 0 Å². The van der Waals surface area contributed by atoms with E-state index < -0.39 is 5.82 Å². The number of amides is 1. The third kappa shape index (κ3) is 5.46. The van der Waals surface area contributed by atoms with Crippen LogP contribution in [0, 0.1) is 12.7 Å². The lowest BCUT2D eigenvalue weighted by molar-refractivity contribution is -0.111. The largest absolute Gasteiger partial charge is 0.494 e. The number of aromatic nitrogens is 4. The Kier molecular flexibility index (Phi) is 7.52. The molecule has 0 unspecified atom stereocenters. The fourth-order valence-corrected chi connectivity index (χ4v) is 4.43. The fraction of sp³-hybridized carbons (Fsp3) is 0.385. The van der Waals surface area contributed by atoms with Crippen molar-refractivity contribution >= 4 is 28.9 Å². The van der Waals surface area contributed by atoms with Crippen molar-refractivity contribution in [1.82, 2.24) is 24.6 Å². The van der Waals surface area contributed by atoms with Crippen LogP contribution < -0.4 is 20.3 Å². The van der Waals surface area contributed by atoms with Gasteiger partial charge in [0.15, 0.2) is 11.6 Å². The number of hydrogen-bond acceptors (Lipinski definition) is 9. The molecule has 2 fully saturated rings. The van der Waals surface area contributed by atoms with E-state index in [4.69, 9.17) is 9.47 Å². The molecule has 0 spiro atoms. The topological polar surface area (TPSA) is 110 Å². The highest BCUT2D eigenvalue weighted by Crippen LogP contribution is 2.38. The van der Waals surface area contributed by atoms with E-state index in [-0.39, 0.29) is 17.7 Å². The summed E-state index contributed by atoms with van der Waals surface area (Å²) in [6.07, 6.45) is 5.31. The number of likely N-dealkylation sites (tertiary alicyclic amines) is 1. The van der Waals surface area contributed by atoms with Crippen molar-refractivity contribution in [3.8, 4) is 11.6 Å². The number of halogens is 1. The lowest BCUT2D eigenvalue weighted by Crippen LogP contribution is -2.36. The molecule has 0 saturated carbocycles. The van der Waals surface area contributed by atoms with E-state index in [9.17, 15) is 9.18 Å². The number of rotatable bonds is 9. The summed E-state index contributed by atoms with van der Waals surface area (Å²) >= 11 is 0. The summed E-state index contributed by atoms with van der Waals surface area (Å²) < 4.78 is 27.4. The summed E-state index contributed by atoms with van der Waals surface area (Å²) in [5, 5.41) is 10.5. The molecule has 1 aromatic carbocycles. The van der Waals surface area contributed by atoms with Crippen molar-refractivity contribution in [3.05, 3.63) is 54.3 Å². The van der Waals surface area contributed by atoms with Gasteiger partial charge in [0.1, 0.15) is 5.75 Å². The Hall–Kier alpha value is -4.03. The highest BCUT2D eigenvalue weighted by atomic mass is 19.1. The second-order valence-corrected chi connectivity index (χ2v) is 9.17. The molecule has 2 aromatic heterocycles. The lowest BCUT2D eigenvalue weighted by atomic mass is 10.1. The maximum absolute atomic E-state index is 14.8. The first-order chi connectivity index (χ1) is 18.4. The number of ether oxygens (including phenoxy) is 2. The number of nitrogens with zero attached hydrogens (tertiary/aromatic N) is 6. The second-order valence-electron chi connectivity index (χ2n) is 9.17. The third-order valence-electron chi connectivity index (χ3n) is 6.65. The van der Waals surface area contributed by atoms with Crippen molar-refractivity contribution < 1.29 is 18.7 Å². The van der Waals surface area contributed by atoms with Gasteiger partial charge in [-0.2, -0.15) is 10.1 Å². The summed E-state index contributed by atoms with van der Waals surface area (Å²) in [7, 11) is 1.55. The summed E-state index contributed by atoms with van der Waals surface area (Å²) in [5.41, 5.74) is 3.69. The Morgan fingerprint density at radius 1 is 1.24 bits per heavy atom. The number of carbonyl (C=O) groups excluding carboxylic acids is 1. The zero-order valence-electron chi connectivity index (χ0n) is 21.5. The minimum Gasteiger partial charge on any atom is -0.494 e. The highest BCUT2D eigenvalue weighted by Gasteiger charge is 2.21. The Bertz CT molecular complexity index is 1330. The van der Waals surface area contributed by atoms with Gasteiger partial charge in [-0.15, -0.1) is 0 Å². The van der Waals surface area contributed by atoms with Gasteiger partial charge in [0.05, 0.1) is 49.3 Å².